The van der Waals surface area contributed by atoms with Crippen LogP contribution in [0.4, 0.5) is 0 Å². The quantitative estimate of drug-likeness (QED) is 0.859. The predicted molar refractivity (Wildman–Crippen MR) is 82.9 cm³/mol. The molecular formula is C17H28N4. The Balaban J connectivity index is 1.41. The van der Waals surface area contributed by atoms with E-state index in [1.165, 1.54) is 64.7 Å². The summed E-state index contributed by atoms with van der Waals surface area (Å²) in [6.45, 7) is 5.09. The van der Waals surface area contributed by atoms with Gasteiger partial charge in [0.05, 0.1) is 6.07 Å². The summed E-state index contributed by atoms with van der Waals surface area (Å²) >= 11 is 0. The first-order valence-electron chi connectivity index (χ1n) is 8.95. The molecule has 0 aromatic rings. The second-order valence-corrected chi connectivity index (χ2v) is 7.69. The van der Waals surface area contributed by atoms with E-state index < -0.39 is 0 Å². The van der Waals surface area contributed by atoms with Crippen LogP contribution in [0, 0.1) is 11.3 Å². The largest absolute Gasteiger partial charge is 0.299 e. The van der Waals surface area contributed by atoms with Gasteiger partial charge in [-0.3, -0.25) is 15.1 Å². The first-order valence-corrected chi connectivity index (χ1v) is 8.95. The molecule has 0 aromatic carbocycles. The van der Waals surface area contributed by atoms with Crippen LogP contribution in [-0.2, 0) is 0 Å². The standard InChI is InChI=1S/C17H28N4/c18-13-17(19-14-4-5-14)7-6-15(11-17)21-10-2-9-20-8-1-3-16(20)12-21/h14-16,19H,1-12H2. The number of nitriles is 1. The van der Waals surface area contributed by atoms with E-state index in [1.54, 1.807) is 0 Å². The molecule has 2 saturated carbocycles. The lowest BCUT2D eigenvalue weighted by molar-refractivity contribution is 0.169. The van der Waals surface area contributed by atoms with Gasteiger partial charge in [-0.2, -0.15) is 5.26 Å². The fraction of sp³-hybridized carbons (Fsp3) is 0.941. The molecule has 0 aromatic heterocycles. The average molecular weight is 288 g/mol. The summed E-state index contributed by atoms with van der Waals surface area (Å²) < 4.78 is 0. The van der Waals surface area contributed by atoms with Gasteiger partial charge in [0.2, 0.25) is 0 Å². The molecule has 1 N–H and O–H groups in total. The van der Waals surface area contributed by atoms with Gasteiger partial charge in [-0.15, -0.1) is 0 Å². The molecule has 4 rings (SSSR count). The lowest BCUT2D eigenvalue weighted by atomic mass is 9.99. The Hall–Kier alpha value is -0.630. The second-order valence-electron chi connectivity index (χ2n) is 7.69. The minimum Gasteiger partial charge on any atom is -0.299 e. The van der Waals surface area contributed by atoms with Gasteiger partial charge < -0.3 is 0 Å². The number of hydrogen-bond acceptors (Lipinski definition) is 4. The molecule has 3 unspecified atom stereocenters. The SMILES string of the molecule is N#CC1(NC2CC2)CCC(N2CCCN3CCCC3C2)C1. The Labute approximate surface area is 128 Å². The van der Waals surface area contributed by atoms with Gasteiger partial charge in [-0.1, -0.05) is 0 Å². The van der Waals surface area contributed by atoms with Gasteiger partial charge in [-0.05, 0) is 71.0 Å². The molecule has 21 heavy (non-hydrogen) atoms. The highest BCUT2D eigenvalue weighted by Crippen LogP contribution is 2.37. The van der Waals surface area contributed by atoms with E-state index >= 15 is 0 Å². The molecule has 4 aliphatic rings. The van der Waals surface area contributed by atoms with Crippen molar-refractivity contribution in [2.24, 2.45) is 0 Å². The predicted octanol–water partition coefficient (Wildman–Crippen LogP) is 1.72. The Morgan fingerprint density at radius 1 is 0.952 bits per heavy atom. The summed E-state index contributed by atoms with van der Waals surface area (Å²) in [7, 11) is 0. The Kier molecular flexibility index (Phi) is 3.69. The van der Waals surface area contributed by atoms with Gasteiger partial charge in [0, 0.05) is 24.7 Å². The highest BCUT2D eigenvalue weighted by molar-refractivity contribution is 5.15. The van der Waals surface area contributed by atoms with E-state index in [-0.39, 0.29) is 5.54 Å². The van der Waals surface area contributed by atoms with Crippen molar-refractivity contribution in [1.29, 1.82) is 5.26 Å². The summed E-state index contributed by atoms with van der Waals surface area (Å²) in [5, 5.41) is 13.3. The first-order chi connectivity index (χ1) is 10.3. The molecule has 2 heterocycles. The van der Waals surface area contributed by atoms with E-state index in [1.807, 2.05) is 0 Å². The van der Waals surface area contributed by atoms with Crippen LogP contribution in [0.15, 0.2) is 0 Å². The van der Waals surface area contributed by atoms with Crippen LogP contribution in [0.3, 0.4) is 0 Å². The number of rotatable bonds is 3. The number of fused-ring (bicyclic) bond motifs is 1. The molecule has 0 spiro atoms. The van der Waals surface area contributed by atoms with Crippen molar-refractivity contribution < 1.29 is 0 Å². The van der Waals surface area contributed by atoms with E-state index in [4.69, 9.17) is 0 Å². The highest BCUT2D eigenvalue weighted by Gasteiger charge is 2.45. The zero-order chi connectivity index (χ0) is 14.3. The summed E-state index contributed by atoms with van der Waals surface area (Å²) in [5.41, 5.74) is -0.215. The Bertz CT molecular complexity index is 427. The fourth-order valence-corrected chi connectivity index (χ4v) is 4.78. The van der Waals surface area contributed by atoms with Crippen molar-refractivity contribution in [2.45, 2.75) is 75.0 Å². The molecular weight excluding hydrogens is 260 g/mol. The minimum atomic E-state index is -0.215. The number of hydrogen-bond donors (Lipinski definition) is 1. The van der Waals surface area contributed by atoms with Crippen LogP contribution < -0.4 is 5.32 Å². The van der Waals surface area contributed by atoms with Crippen molar-refractivity contribution in [3.63, 3.8) is 0 Å². The maximum absolute atomic E-state index is 9.68. The summed E-state index contributed by atoms with van der Waals surface area (Å²) in [6, 6.07) is 4.70. The van der Waals surface area contributed by atoms with Crippen LogP contribution >= 0.6 is 0 Å². The van der Waals surface area contributed by atoms with Crippen LogP contribution in [0.25, 0.3) is 0 Å². The van der Waals surface area contributed by atoms with Crippen molar-refractivity contribution in [1.82, 2.24) is 15.1 Å². The fourth-order valence-electron chi connectivity index (χ4n) is 4.78. The minimum absolute atomic E-state index is 0.215. The van der Waals surface area contributed by atoms with Crippen molar-refractivity contribution in [3.05, 3.63) is 0 Å². The van der Waals surface area contributed by atoms with Crippen LogP contribution in [0.5, 0.6) is 0 Å². The molecule has 0 amide bonds. The second kappa shape index (κ2) is 5.53. The summed E-state index contributed by atoms with van der Waals surface area (Å²) in [6.07, 6.45) is 9.93. The number of nitrogens with one attached hydrogen (secondary N) is 1. The molecule has 0 bridgehead atoms. The van der Waals surface area contributed by atoms with E-state index in [2.05, 4.69) is 21.2 Å². The van der Waals surface area contributed by atoms with Crippen LogP contribution in [-0.4, -0.2) is 59.6 Å². The zero-order valence-electron chi connectivity index (χ0n) is 13.1. The molecule has 4 fully saturated rings. The smallest absolute Gasteiger partial charge is 0.108 e. The van der Waals surface area contributed by atoms with Crippen molar-refractivity contribution in [3.8, 4) is 6.07 Å². The van der Waals surface area contributed by atoms with E-state index in [9.17, 15) is 5.26 Å². The molecule has 3 atom stereocenters. The van der Waals surface area contributed by atoms with Crippen LogP contribution in [0.2, 0.25) is 0 Å². The van der Waals surface area contributed by atoms with Crippen molar-refractivity contribution >= 4 is 0 Å². The van der Waals surface area contributed by atoms with Crippen molar-refractivity contribution in [2.75, 3.05) is 26.2 Å². The lowest BCUT2D eigenvalue weighted by Gasteiger charge is -2.31. The molecule has 2 aliphatic heterocycles. The first kappa shape index (κ1) is 14.0. The highest BCUT2D eigenvalue weighted by atomic mass is 15.3. The van der Waals surface area contributed by atoms with Crippen LogP contribution in [0.1, 0.15) is 51.4 Å². The van der Waals surface area contributed by atoms with E-state index in [0.29, 0.717) is 12.1 Å². The van der Waals surface area contributed by atoms with Gasteiger partial charge in [0.1, 0.15) is 5.54 Å². The third-order valence-electron chi connectivity index (χ3n) is 6.11. The lowest BCUT2D eigenvalue weighted by Crippen LogP contribution is -2.46. The normalized spacial score (nSPS) is 41.7. The molecule has 4 nitrogen and oxygen atoms in total. The van der Waals surface area contributed by atoms with Gasteiger partial charge in [0.25, 0.3) is 0 Å². The van der Waals surface area contributed by atoms with E-state index in [0.717, 1.165) is 18.9 Å². The third-order valence-corrected chi connectivity index (χ3v) is 6.11. The monoisotopic (exact) mass is 288 g/mol. The molecule has 4 heteroatoms. The summed E-state index contributed by atoms with van der Waals surface area (Å²) in [4.78, 5) is 5.43. The maximum atomic E-state index is 9.68. The van der Waals surface area contributed by atoms with Gasteiger partial charge in [0.15, 0.2) is 0 Å². The molecule has 116 valence electrons. The van der Waals surface area contributed by atoms with Gasteiger partial charge >= 0.3 is 0 Å². The maximum Gasteiger partial charge on any atom is 0.108 e. The molecule has 2 aliphatic carbocycles. The third kappa shape index (κ3) is 2.84. The topological polar surface area (TPSA) is 42.3 Å². The Morgan fingerprint density at radius 2 is 1.76 bits per heavy atom. The molecule has 2 saturated heterocycles. The average Bonchev–Trinajstić information content (AvgIpc) is 3.10. The molecule has 0 radical (unpaired) electrons. The Morgan fingerprint density at radius 3 is 2.57 bits per heavy atom. The number of nitrogens with zero attached hydrogens (tertiary/aromatic N) is 3. The summed E-state index contributed by atoms with van der Waals surface area (Å²) in [5.74, 6) is 0. The zero-order valence-corrected chi connectivity index (χ0v) is 13.1. The van der Waals surface area contributed by atoms with Gasteiger partial charge in [-0.25, -0.2) is 0 Å².